The van der Waals surface area contributed by atoms with E-state index < -0.39 is 12.6 Å². The second kappa shape index (κ2) is 5.25. The third kappa shape index (κ3) is 3.41. The largest absolute Gasteiger partial charge is 0.481 e. The smallest absolute Gasteiger partial charge is 0.387 e. The van der Waals surface area contributed by atoms with Gasteiger partial charge >= 0.3 is 12.6 Å². The summed E-state index contributed by atoms with van der Waals surface area (Å²) in [6.45, 7) is -1.45. The van der Waals surface area contributed by atoms with Crippen molar-refractivity contribution >= 4 is 5.97 Å². The van der Waals surface area contributed by atoms with E-state index in [0.717, 1.165) is 0 Å². The van der Waals surface area contributed by atoms with E-state index in [1.807, 2.05) is 0 Å². The van der Waals surface area contributed by atoms with Crippen LogP contribution in [0.15, 0.2) is 12.1 Å². The molecule has 0 aliphatic carbocycles. The topological polar surface area (TPSA) is 70.3 Å². The zero-order valence-electron chi connectivity index (χ0n) is 8.91. The Bertz CT molecular complexity index is 480. The van der Waals surface area contributed by atoms with Gasteiger partial charge in [-0.15, -0.1) is 0 Å². The van der Waals surface area contributed by atoms with Gasteiger partial charge in [0.05, 0.1) is 12.0 Å². The summed E-state index contributed by atoms with van der Waals surface area (Å²) in [5.74, 6) is -1.30. The number of carbonyl (C=O) groups is 1. The van der Waals surface area contributed by atoms with Gasteiger partial charge in [0.15, 0.2) is 0 Å². The van der Waals surface area contributed by atoms with Gasteiger partial charge in [0.25, 0.3) is 0 Å². The summed E-state index contributed by atoms with van der Waals surface area (Å²) in [6.07, 6.45) is -0.268. The minimum atomic E-state index is -3.02. The Kier molecular flexibility index (Phi) is 3.99. The highest BCUT2D eigenvalue weighted by Gasteiger charge is 2.13. The average molecular weight is 241 g/mol. The highest BCUT2D eigenvalue weighted by Crippen LogP contribution is 2.25. The molecule has 1 rings (SSSR count). The average Bonchev–Trinajstić information content (AvgIpc) is 2.20. The quantitative estimate of drug-likeness (QED) is 0.876. The van der Waals surface area contributed by atoms with Crippen LogP contribution in [-0.4, -0.2) is 17.7 Å². The van der Waals surface area contributed by atoms with Gasteiger partial charge in [-0.1, -0.05) is 0 Å². The van der Waals surface area contributed by atoms with E-state index in [9.17, 15) is 13.6 Å². The normalized spacial score (nSPS) is 10.1. The van der Waals surface area contributed by atoms with Gasteiger partial charge in [-0.05, 0) is 30.2 Å². The molecule has 0 saturated heterocycles. The molecule has 1 aromatic carbocycles. The minimum absolute atomic E-state index is 0.104. The maximum Gasteiger partial charge on any atom is 0.387 e. The molecular weight excluding hydrogens is 232 g/mol. The molecule has 0 spiro atoms. The zero-order valence-corrected chi connectivity index (χ0v) is 8.91. The van der Waals surface area contributed by atoms with Crippen molar-refractivity contribution in [2.45, 2.75) is 20.0 Å². The van der Waals surface area contributed by atoms with Gasteiger partial charge < -0.3 is 9.84 Å². The highest BCUT2D eigenvalue weighted by atomic mass is 19.3. The van der Waals surface area contributed by atoms with Crippen molar-refractivity contribution in [1.82, 2.24) is 0 Å². The van der Waals surface area contributed by atoms with Crippen LogP contribution in [0.1, 0.15) is 16.7 Å². The maximum absolute atomic E-state index is 12.1. The molecule has 0 aliphatic heterocycles. The molecule has 0 unspecified atom stereocenters. The van der Waals surface area contributed by atoms with Gasteiger partial charge in [0.2, 0.25) is 0 Å². The minimum Gasteiger partial charge on any atom is -0.481 e. The molecule has 17 heavy (non-hydrogen) atoms. The first-order valence-electron chi connectivity index (χ1n) is 4.64. The number of benzene rings is 1. The molecule has 0 bridgehead atoms. The van der Waals surface area contributed by atoms with E-state index in [0.29, 0.717) is 11.1 Å². The summed E-state index contributed by atoms with van der Waals surface area (Å²) in [6, 6.07) is 4.18. The van der Waals surface area contributed by atoms with E-state index in [1.54, 1.807) is 13.0 Å². The van der Waals surface area contributed by atoms with Crippen LogP contribution in [0.25, 0.3) is 0 Å². The van der Waals surface area contributed by atoms with Gasteiger partial charge in [0, 0.05) is 0 Å². The van der Waals surface area contributed by atoms with Crippen LogP contribution in [0.2, 0.25) is 0 Å². The number of carboxylic acids is 1. The fourth-order valence-electron chi connectivity index (χ4n) is 1.36. The van der Waals surface area contributed by atoms with Crippen LogP contribution in [0.4, 0.5) is 8.78 Å². The van der Waals surface area contributed by atoms with Crippen molar-refractivity contribution in [2.75, 3.05) is 0 Å². The maximum atomic E-state index is 12.1. The number of halogens is 2. The van der Waals surface area contributed by atoms with E-state index in [2.05, 4.69) is 4.74 Å². The van der Waals surface area contributed by atoms with Gasteiger partial charge in [-0.3, -0.25) is 4.79 Å². The Labute approximate surface area is 96.0 Å². The van der Waals surface area contributed by atoms with Gasteiger partial charge in [0.1, 0.15) is 11.8 Å². The predicted octanol–water partition coefficient (Wildman–Crippen LogP) is 2.10. The first kappa shape index (κ1) is 12.9. The Morgan fingerprint density at radius 1 is 1.59 bits per heavy atom. The zero-order chi connectivity index (χ0) is 13.0. The van der Waals surface area contributed by atoms with Crippen LogP contribution in [0.3, 0.4) is 0 Å². The van der Waals surface area contributed by atoms with E-state index in [-0.39, 0.29) is 17.7 Å². The van der Waals surface area contributed by atoms with Crippen molar-refractivity contribution in [3.8, 4) is 11.8 Å². The van der Waals surface area contributed by atoms with Crippen molar-refractivity contribution in [3.63, 3.8) is 0 Å². The summed E-state index contributed by atoms with van der Waals surface area (Å²) < 4.78 is 28.3. The molecule has 6 heteroatoms. The third-order valence-corrected chi connectivity index (χ3v) is 2.12. The molecule has 0 radical (unpaired) electrons. The molecule has 0 fully saturated rings. The molecular formula is C11H9F2NO3. The summed E-state index contributed by atoms with van der Waals surface area (Å²) in [4.78, 5) is 10.5. The first-order chi connectivity index (χ1) is 7.93. The van der Waals surface area contributed by atoms with Crippen LogP contribution >= 0.6 is 0 Å². The van der Waals surface area contributed by atoms with Crippen LogP contribution in [0.5, 0.6) is 5.75 Å². The number of carboxylic acid groups (broad SMARTS) is 1. The number of nitrogens with zero attached hydrogens (tertiary/aromatic N) is 1. The van der Waals surface area contributed by atoms with Crippen molar-refractivity contribution < 1.29 is 23.4 Å². The number of alkyl halides is 2. The number of hydrogen-bond donors (Lipinski definition) is 1. The monoisotopic (exact) mass is 241 g/mol. The summed E-state index contributed by atoms with van der Waals surface area (Å²) in [5, 5.41) is 17.4. The fourth-order valence-corrected chi connectivity index (χ4v) is 1.36. The van der Waals surface area contributed by atoms with Crippen molar-refractivity contribution in [3.05, 3.63) is 28.8 Å². The predicted molar refractivity (Wildman–Crippen MR) is 53.9 cm³/mol. The SMILES string of the molecule is Cc1cc(OC(F)F)c(C#N)cc1CC(=O)O. The summed E-state index contributed by atoms with van der Waals surface area (Å²) >= 11 is 0. The van der Waals surface area contributed by atoms with Crippen molar-refractivity contribution in [2.24, 2.45) is 0 Å². The number of aliphatic carboxylic acids is 1. The van der Waals surface area contributed by atoms with E-state index in [4.69, 9.17) is 10.4 Å². The lowest BCUT2D eigenvalue weighted by molar-refractivity contribution is -0.136. The fraction of sp³-hybridized carbons (Fsp3) is 0.273. The van der Waals surface area contributed by atoms with Crippen LogP contribution < -0.4 is 4.74 Å². The van der Waals surface area contributed by atoms with Crippen LogP contribution in [0, 0.1) is 18.3 Å². The lowest BCUT2D eigenvalue weighted by atomic mass is 10.0. The Morgan fingerprint density at radius 3 is 2.71 bits per heavy atom. The number of rotatable bonds is 4. The van der Waals surface area contributed by atoms with Crippen LogP contribution in [-0.2, 0) is 11.2 Å². The number of hydrogen-bond acceptors (Lipinski definition) is 3. The van der Waals surface area contributed by atoms with Crippen molar-refractivity contribution in [1.29, 1.82) is 5.26 Å². The first-order valence-corrected chi connectivity index (χ1v) is 4.64. The molecule has 0 heterocycles. The number of ether oxygens (including phenoxy) is 1. The highest BCUT2D eigenvalue weighted by molar-refractivity contribution is 5.71. The van der Waals surface area contributed by atoms with Gasteiger partial charge in [-0.2, -0.15) is 14.0 Å². The standard InChI is InChI=1S/C11H9F2NO3/c1-6-2-9(17-11(12)13)8(5-14)3-7(6)4-10(15)16/h2-3,11H,4H2,1H3,(H,15,16). The second-order valence-corrected chi connectivity index (χ2v) is 3.34. The Hall–Kier alpha value is -2.16. The molecule has 0 aromatic heterocycles. The molecule has 1 N–H and O–H groups in total. The molecule has 90 valence electrons. The molecule has 0 amide bonds. The molecule has 4 nitrogen and oxygen atoms in total. The third-order valence-electron chi connectivity index (χ3n) is 2.12. The molecule has 1 aromatic rings. The summed E-state index contributed by atoms with van der Waals surface area (Å²) in [7, 11) is 0. The second-order valence-electron chi connectivity index (χ2n) is 3.34. The Morgan fingerprint density at radius 2 is 2.24 bits per heavy atom. The van der Waals surface area contributed by atoms with Gasteiger partial charge in [-0.25, -0.2) is 0 Å². The molecule has 0 atom stereocenters. The Balaban J connectivity index is 3.16. The number of nitriles is 1. The lowest BCUT2D eigenvalue weighted by Crippen LogP contribution is -2.07. The molecule has 0 aliphatic rings. The van der Waals surface area contributed by atoms with E-state index in [1.165, 1.54) is 12.1 Å². The number of aryl methyl sites for hydroxylation is 1. The molecule has 0 saturated carbocycles. The lowest BCUT2D eigenvalue weighted by Gasteiger charge is -2.10. The summed E-state index contributed by atoms with van der Waals surface area (Å²) in [5.41, 5.74) is 0.782. The van der Waals surface area contributed by atoms with E-state index >= 15 is 0 Å².